The lowest BCUT2D eigenvalue weighted by atomic mass is 10.0. The summed E-state index contributed by atoms with van der Waals surface area (Å²) in [7, 11) is 1.47. The van der Waals surface area contributed by atoms with Crippen LogP contribution in [0.5, 0.6) is 0 Å². The summed E-state index contributed by atoms with van der Waals surface area (Å²) in [6.45, 7) is 0.309. The molecule has 0 radical (unpaired) electrons. The quantitative estimate of drug-likeness (QED) is 0.750. The molecule has 1 aromatic rings. The highest BCUT2D eigenvalue weighted by Crippen LogP contribution is 2.32. The van der Waals surface area contributed by atoms with Gasteiger partial charge in [-0.1, -0.05) is 18.2 Å². The summed E-state index contributed by atoms with van der Waals surface area (Å²) >= 11 is 0. The molecule has 1 atom stereocenters. The first-order chi connectivity index (χ1) is 10.6. The Labute approximate surface area is 136 Å². The lowest BCUT2D eigenvalue weighted by molar-refractivity contribution is -0.138. The summed E-state index contributed by atoms with van der Waals surface area (Å²) in [4.78, 5) is 13.2. The Kier molecular flexibility index (Phi) is 5.25. The first-order valence-electron chi connectivity index (χ1n) is 6.91. The monoisotopic (exact) mass is 369 g/mol. The molecular formula is C14H15ClF3NO3S. The molecule has 1 fully saturated rings. The van der Waals surface area contributed by atoms with Gasteiger partial charge in [-0.15, -0.1) is 0 Å². The number of carbonyl (C=O) groups is 1. The third-order valence-corrected chi connectivity index (χ3v) is 4.95. The number of likely N-dealkylation sites (tertiary alicyclic amines) is 1. The highest BCUT2D eigenvalue weighted by Gasteiger charge is 2.34. The highest BCUT2D eigenvalue weighted by atomic mass is 35.7. The lowest BCUT2D eigenvalue weighted by Gasteiger charge is -2.18. The van der Waals surface area contributed by atoms with E-state index in [9.17, 15) is 26.4 Å². The number of halogens is 4. The van der Waals surface area contributed by atoms with Crippen molar-refractivity contribution in [3.63, 3.8) is 0 Å². The van der Waals surface area contributed by atoms with Gasteiger partial charge in [0, 0.05) is 36.1 Å². The molecule has 9 heteroatoms. The second kappa shape index (κ2) is 6.68. The third kappa shape index (κ3) is 5.10. The molecule has 1 heterocycles. The van der Waals surface area contributed by atoms with Gasteiger partial charge in [-0.2, -0.15) is 13.2 Å². The van der Waals surface area contributed by atoms with Crippen LogP contribution in [0, 0.1) is 5.92 Å². The molecule has 0 aliphatic carbocycles. The second-order valence-electron chi connectivity index (χ2n) is 5.52. The smallest absolute Gasteiger partial charge is 0.342 e. The maximum atomic E-state index is 12.9. The largest absolute Gasteiger partial charge is 0.416 e. The fourth-order valence-corrected chi connectivity index (χ4v) is 4.05. The molecule has 0 N–H and O–H groups in total. The minimum Gasteiger partial charge on any atom is -0.342 e. The molecule has 4 nitrogen and oxygen atoms in total. The minimum atomic E-state index is -4.44. The van der Waals surface area contributed by atoms with Crippen LogP contribution in [0.1, 0.15) is 17.5 Å². The van der Waals surface area contributed by atoms with Crippen LogP contribution in [0.2, 0.25) is 0 Å². The van der Waals surface area contributed by atoms with Crippen molar-refractivity contribution in [3.8, 4) is 0 Å². The van der Waals surface area contributed by atoms with Gasteiger partial charge < -0.3 is 4.90 Å². The van der Waals surface area contributed by atoms with Crippen molar-refractivity contribution in [1.29, 1.82) is 0 Å². The van der Waals surface area contributed by atoms with Crippen molar-refractivity contribution >= 4 is 25.6 Å². The zero-order valence-corrected chi connectivity index (χ0v) is 13.6. The molecule has 0 saturated carbocycles. The fourth-order valence-electron chi connectivity index (χ4n) is 2.73. The Morgan fingerprint density at radius 3 is 2.52 bits per heavy atom. The van der Waals surface area contributed by atoms with Crippen LogP contribution in [0.4, 0.5) is 13.2 Å². The molecule has 0 aromatic heterocycles. The van der Waals surface area contributed by atoms with Crippen LogP contribution in [-0.4, -0.2) is 38.1 Å². The Morgan fingerprint density at radius 2 is 1.91 bits per heavy atom. The lowest BCUT2D eigenvalue weighted by Crippen LogP contribution is -2.28. The number of hydrogen-bond donors (Lipinski definition) is 0. The van der Waals surface area contributed by atoms with E-state index < -0.39 is 26.7 Å². The Morgan fingerprint density at radius 1 is 1.26 bits per heavy atom. The predicted molar refractivity (Wildman–Crippen MR) is 79.5 cm³/mol. The van der Waals surface area contributed by atoms with Crippen LogP contribution in [0.3, 0.4) is 0 Å². The van der Waals surface area contributed by atoms with Gasteiger partial charge in [0.2, 0.25) is 15.0 Å². The van der Waals surface area contributed by atoms with Gasteiger partial charge in [0.25, 0.3) is 0 Å². The first-order valence-corrected chi connectivity index (χ1v) is 9.39. The van der Waals surface area contributed by atoms with Crippen molar-refractivity contribution in [2.45, 2.75) is 19.0 Å². The summed E-state index contributed by atoms with van der Waals surface area (Å²) in [5, 5.41) is 0. The third-order valence-electron chi connectivity index (χ3n) is 3.70. The Hall–Kier alpha value is -1.28. The number of benzene rings is 1. The summed E-state index contributed by atoms with van der Waals surface area (Å²) < 4.78 is 60.8. The van der Waals surface area contributed by atoms with Crippen molar-refractivity contribution in [3.05, 3.63) is 35.4 Å². The number of hydrogen-bond acceptors (Lipinski definition) is 3. The number of carbonyl (C=O) groups excluding carboxylic acids is 1. The highest BCUT2D eigenvalue weighted by molar-refractivity contribution is 8.13. The first kappa shape index (κ1) is 18.1. The molecule has 0 spiro atoms. The second-order valence-corrected chi connectivity index (χ2v) is 8.34. The topological polar surface area (TPSA) is 54.5 Å². The Bertz CT molecular complexity index is 691. The molecule has 2 rings (SSSR count). The molecule has 1 saturated heterocycles. The van der Waals surface area contributed by atoms with Gasteiger partial charge >= 0.3 is 6.18 Å². The molecule has 1 amide bonds. The normalized spacial score (nSPS) is 19.4. The van der Waals surface area contributed by atoms with E-state index in [-0.39, 0.29) is 43.2 Å². The van der Waals surface area contributed by atoms with Gasteiger partial charge in [0.05, 0.1) is 11.3 Å². The van der Waals surface area contributed by atoms with E-state index >= 15 is 0 Å². The zero-order chi connectivity index (χ0) is 17.3. The van der Waals surface area contributed by atoms with Gasteiger partial charge in [-0.3, -0.25) is 4.79 Å². The van der Waals surface area contributed by atoms with Crippen LogP contribution in [0.15, 0.2) is 24.3 Å². The van der Waals surface area contributed by atoms with E-state index in [2.05, 4.69) is 0 Å². The summed E-state index contributed by atoms with van der Waals surface area (Å²) in [5.41, 5.74) is -0.604. The average Bonchev–Trinajstić information content (AvgIpc) is 2.73. The minimum absolute atomic E-state index is 0.0485. The summed E-state index contributed by atoms with van der Waals surface area (Å²) in [6.07, 6.45) is -4.34. The number of rotatable bonds is 5. The molecule has 1 aliphatic rings. The van der Waals surface area contributed by atoms with Gasteiger partial charge in [0.1, 0.15) is 0 Å². The maximum absolute atomic E-state index is 12.9. The van der Waals surface area contributed by atoms with E-state index in [1.54, 1.807) is 0 Å². The summed E-state index contributed by atoms with van der Waals surface area (Å²) in [6, 6.07) is 5.21. The molecule has 128 valence electrons. The maximum Gasteiger partial charge on any atom is 0.416 e. The van der Waals surface area contributed by atoms with E-state index in [4.69, 9.17) is 10.7 Å². The van der Waals surface area contributed by atoms with Crippen molar-refractivity contribution in [2.75, 3.05) is 18.8 Å². The predicted octanol–water partition coefficient (Wildman–Crippen LogP) is 2.67. The molecule has 23 heavy (non-hydrogen) atoms. The standard InChI is InChI=1S/C14H15ClF3NO3S/c15-23(21,22)9-10-7-13(20)19(8-10)6-5-11-3-1-2-4-12(11)14(16,17)18/h1-4,10H,5-9H2. The SMILES string of the molecule is O=C1CC(CS(=O)(=O)Cl)CN1CCc1ccccc1C(F)(F)F. The van der Waals surface area contributed by atoms with Gasteiger partial charge in [0.15, 0.2) is 0 Å². The fraction of sp³-hybridized carbons (Fsp3) is 0.500. The van der Waals surface area contributed by atoms with Crippen LogP contribution >= 0.6 is 10.7 Å². The van der Waals surface area contributed by atoms with Crippen molar-refractivity contribution in [1.82, 2.24) is 4.90 Å². The summed E-state index contributed by atoms with van der Waals surface area (Å²) in [5.74, 6) is -0.988. The van der Waals surface area contributed by atoms with Crippen LogP contribution in [0.25, 0.3) is 0 Å². The van der Waals surface area contributed by atoms with Gasteiger partial charge in [-0.05, 0) is 18.1 Å². The molecule has 1 aromatic carbocycles. The van der Waals surface area contributed by atoms with E-state index in [0.29, 0.717) is 0 Å². The molecule has 1 aliphatic heterocycles. The van der Waals surface area contributed by atoms with Crippen molar-refractivity contribution in [2.24, 2.45) is 5.92 Å². The van der Waals surface area contributed by atoms with Crippen LogP contribution in [-0.2, 0) is 26.4 Å². The number of nitrogens with zero attached hydrogens (tertiary/aromatic N) is 1. The van der Waals surface area contributed by atoms with Crippen LogP contribution < -0.4 is 0 Å². The van der Waals surface area contributed by atoms with E-state index in [1.165, 1.54) is 23.1 Å². The van der Waals surface area contributed by atoms with Gasteiger partial charge in [-0.25, -0.2) is 8.42 Å². The molecule has 1 unspecified atom stereocenters. The number of amides is 1. The molecule has 0 bridgehead atoms. The van der Waals surface area contributed by atoms with E-state index in [1.807, 2.05) is 0 Å². The Balaban J connectivity index is 2.01. The zero-order valence-electron chi connectivity index (χ0n) is 12.0. The van der Waals surface area contributed by atoms with E-state index in [0.717, 1.165) is 6.07 Å². The molecular weight excluding hydrogens is 355 g/mol. The van der Waals surface area contributed by atoms with Crippen molar-refractivity contribution < 1.29 is 26.4 Å². The number of alkyl halides is 3. The average molecular weight is 370 g/mol.